The normalized spacial score (nSPS) is 12.5. The van der Waals surface area contributed by atoms with Crippen molar-refractivity contribution >= 4 is 11.0 Å². The van der Waals surface area contributed by atoms with Crippen molar-refractivity contribution in [3.8, 4) is 0 Å². The molecule has 94 valence electrons. The van der Waals surface area contributed by atoms with Gasteiger partial charge in [-0.25, -0.2) is 4.98 Å². The smallest absolute Gasteiger partial charge is 0.0890 e. The zero-order valence-corrected chi connectivity index (χ0v) is 10.7. The van der Waals surface area contributed by atoms with E-state index in [-0.39, 0.29) is 6.04 Å². The summed E-state index contributed by atoms with van der Waals surface area (Å²) in [6.45, 7) is 2.06. The van der Waals surface area contributed by atoms with Gasteiger partial charge in [0.2, 0.25) is 0 Å². The summed E-state index contributed by atoms with van der Waals surface area (Å²) < 4.78 is 0. The van der Waals surface area contributed by atoms with Crippen molar-refractivity contribution in [1.29, 1.82) is 0 Å². The lowest BCUT2D eigenvalue weighted by Gasteiger charge is -2.12. The maximum absolute atomic E-state index is 6.25. The van der Waals surface area contributed by atoms with Crippen molar-refractivity contribution in [2.75, 3.05) is 0 Å². The van der Waals surface area contributed by atoms with Crippen LogP contribution >= 0.6 is 0 Å². The van der Waals surface area contributed by atoms with Gasteiger partial charge in [0.1, 0.15) is 0 Å². The molecule has 1 heterocycles. The summed E-state index contributed by atoms with van der Waals surface area (Å²) in [7, 11) is 0. The van der Waals surface area contributed by atoms with Gasteiger partial charge in [-0.15, -0.1) is 0 Å². The third-order valence-corrected chi connectivity index (χ3v) is 3.22. The van der Waals surface area contributed by atoms with Gasteiger partial charge in [0.05, 0.1) is 29.0 Å². The monoisotopic (exact) mass is 249 g/mol. The van der Waals surface area contributed by atoms with Crippen LogP contribution in [0.5, 0.6) is 0 Å². The Morgan fingerprint density at radius 1 is 0.947 bits per heavy atom. The molecule has 0 radical (unpaired) electrons. The molecular formula is C16H15N3. The number of fused-ring (bicyclic) bond motifs is 1. The molecule has 3 nitrogen and oxygen atoms in total. The molecule has 0 spiro atoms. The van der Waals surface area contributed by atoms with Crippen molar-refractivity contribution in [3.05, 3.63) is 71.5 Å². The molecule has 1 aromatic heterocycles. The second-order valence-electron chi connectivity index (χ2n) is 4.67. The van der Waals surface area contributed by atoms with E-state index in [9.17, 15) is 0 Å². The van der Waals surface area contributed by atoms with E-state index >= 15 is 0 Å². The highest BCUT2D eigenvalue weighted by molar-refractivity contribution is 5.73. The van der Waals surface area contributed by atoms with Gasteiger partial charge in [-0.1, -0.05) is 42.0 Å². The Bertz CT molecular complexity index is 705. The van der Waals surface area contributed by atoms with E-state index in [1.54, 1.807) is 6.20 Å². The minimum atomic E-state index is -0.238. The molecule has 1 unspecified atom stereocenters. The van der Waals surface area contributed by atoms with E-state index in [1.165, 1.54) is 5.56 Å². The number of rotatable bonds is 2. The topological polar surface area (TPSA) is 51.8 Å². The second kappa shape index (κ2) is 4.78. The van der Waals surface area contributed by atoms with Crippen LogP contribution in [-0.4, -0.2) is 9.97 Å². The Balaban J connectivity index is 2.01. The van der Waals surface area contributed by atoms with Gasteiger partial charge >= 0.3 is 0 Å². The minimum absolute atomic E-state index is 0.238. The lowest BCUT2D eigenvalue weighted by atomic mass is 10.0. The highest BCUT2D eigenvalue weighted by Crippen LogP contribution is 2.19. The molecule has 0 saturated carbocycles. The Morgan fingerprint density at radius 2 is 1.63 bits per heavy atom. The number of hydrogen-bond donors (Lipinski definition) is 1. The van der Waals surface area contributed by atoms with Crippen LogP contribution in [0.25, 0.3) is 11.0 Å². The van der Waals surface area contributed by atoms with Crippen molar-refractivity contribution in [2.24, 2.45) is 5.73 Å². The number of para-hydroxylation sites is 2. The van der Waals surface area contributed by atoms with E-state index in [0.29, 0.717) is 0 Å². The summed E-state index contributed by atoms with van der Waals surface area (Å²) in [6.07, 6.45) is 1.76. The molecule has 19 heavy (non-hydrogen) atoms. The van der Waals surface area contributed by atoms with Crippen molar-refractivity contribution in [3.63, 3.8) is 0 Å². The van der Waals surface area contributed by atoms with Gasteiger partial charge in [-0.3, -0.25) is 4.98 Å². The molecule has 1 atom stereocenters. The molecule has 0 bridgehead atoms. The van der Waals surface area contributed by atoms with Crippen LogP contribution in [0.1, 0.15) is 22.9 Å². The maximum Gasteiger partial charge on any atom is 0.0890 e. The molecule has 3 aromatic rings. The summed E-state index contributed by atoms with van der Waals surface area (Å²) in [5, 5.41) is 0. The first-order valence-electron chi connectivity index (χ1n) is 6.28. The van der Waals surface area contributed by atoms with E-state index in [0.717, 1.165) is 22.3 Å². The van der Waals surface area contributed by atoms with Gasteiger partial charge in [0.25, 0.3) is 0 Å². The number of aromatic nitrogens is 2. The fourth-order valence-corrected chi connectivity index (χ4v) is 2.07. The van der Waals surface area contributed by atoms with Crippen molar-refractivity contribution < 1.29 is 0 Å². The first-order valence-corrected chi connectivity index (χ1v) is 6.28. The molecule has 0 aliphatic rings. The van der Waals surface area contributed by atoms with Gasteiger partial charge in [0, 0.05) is 0 Å². The van der Waals surface area contributed by atoms with Crippen LogP contribution in [0, 0.1) is 6.92 Å². The number of benzene rings is 2. The zero-order chi connectivity index (χ0) is 13.2. The van der Waals surface area contributed by atoms with Crippen LogP contribution in [0.15, 0.2) is 54.7 Å². The average Bonchev–Trinajstić information content (AvgIpc) is 2.47. The van der Waals surface area contributed by atoms with Crippen LogP contribution in [0.3, 0.4) is 0 Å². The molecule has 3 heteroatoms. The quantitative estimate of drug-likeness (QED) is 0.759. The molecule has 0 fully saturated rings. The minimum Gasteiger partial charge on any atom is -0.319 e. The SMILES string of the molecule is Cc1ccc(C(N)c2cnc3ccccc3n2)cc1. The Labute approximate surface area is 112 Å². The fraction of sp³-hybridized carbons (Fsp3) is 0.125. The summed E-state index contributed by atoms with van der Waals surface area (Å²) >= 11 is 0. The Hall–Kier alpha value is -2.26. The van der Waals surface area contributed by atoms with E-state index < -0.39 is 0 Å². The molecule has 0 aliphatic carbocycles. The van der Waals surface area contributed by atoms with Crippen LogP contribution < -0.4 is 5.73 Å². The molecular weight excluding hydrogens is 234 g/mol. The lowest BCUT2D eigenvalue weighted by molar-refractivity contribution is 0.827. The second-order valence-corrected chi connectivity index (χ2v) is 4.67. The first-order chi connectivity index (χ1) is 9.24. The summed E-state index contributed by atoms with van der Waals surface area (Å²) in [6, 6.07) is 15.8. The predicted octanol–water partition coefficient (Wildman–Crippen LogP) is 2.99. The highest BCUT2D eigenvalue weighted by Gasteiger charge is 2.11. The fourth-order valence-electron chi connectivity index (χ4n) is 2.07. The van der Waals surface area contributed by atoms with Gasteiger partial charge < -0.3 is 5.73 Å². The van der Waals surface area contributed by atoms with E-state index in [2.05, 4.69) is 29.0 Å². The van der Waals surface area contributed by atoms with E-state index in [4.69, 9.17) is 5.73 Å². The first kappa shape index (κ1) is 11.8. The largest absolute Gasteiger partial charge is 0.319 e. The lowest BCUT2D eigenvalue weighted by Crippen LogP contribution is -2.14. The van der Waals surface area contributed by atoms with Gasteiger partial charge in [-0.05, 0) is 24.6 Å². The van der Waals surface area contributed by atoms with Crippen LogP contribution in [0.4, 0.5) is 0 Å². The van der Waals surface area contributed by atoms with Gasteiger partial charge in [-0.2, -0.15) is 0 Å². The summed E-state index contributed by atoms with van der Waals surface area (Å²) in [5.41, 5.74) is 11.1. The van der Waals surface area contributed by atoms with E-state index in [1.807, 2.05) is 36.4 Å². The van der Waals surface area contributed by atoms with Crippen molar-refractivity contribution in [1.82, 2.24) is 9.97 Å². The molecule has 0 aliphatic heterocycles. The van der Waals surface area contributed by atoms with Gasteiger partial charge in [0.15, 0.2) is 0 Å². The third-order valence-electron chi connectivity index (χ3n) is 3.22. The molecule has 2 N–H and O–H groups in total. The third kappa shape index (κ3) is 2.33. The number of aryl methyl sites for hydroxylation is 1. The molecule has 0 saturated heterocycles. The van der Waals surface area contributed by atoms with Crippen molar-refractivity contribution in [2.45, 2.75) is 13.0 Å². The summed E-state index contributed by atoms with van der Waals surface area (Å²) in [5.74, 6) is 0. The average molecular weight is 249 g/mol. The zero-order valence-electron chi connectivity index (χ0n) is 10.7. The maximum atomic E-state index is 6.25. The Morgan fingerprint density at radius 3 is 2.37 bits per heavy atom. The predicted molar refractivity (Wildman–Crippen MR) is 76.7 cm³/mol. The molecule has 0 amide bonds. The highest BCUT2D eigenvalue weighted by atomic mass is 14.8. The molecule has 2 aromatic carbocycles. The number of nitrogens with two attached hydrogens (primary N) is 1. The Kier molecular flexibility index (Phi) is 2.97. The standard InChI is InChI=1S/C16H15N3/c1-11-6-8-12(9-7-11)16(17)15-10-18-13-4-2-3-5-14(13)19-15/h2-10,16H,17H2,1H3. The molecule has 3 rings (SSSR count). The van der Waals surface area contributed by atoms with Crippen LogP contribution in [-0.2, 0) is 0 Å². The summed E-state index contributed by atoms with van der Waals surface area (Å²) in [4.78, 5) is 8.99. The van der Waals surface area contributed by atoms with Crippen LogP contribution in [0.2, 0.25) is 0 Å². The number of hydrogen-bond acceptors (Lipinski definition) is 3. The number of nitrogens with zero attached hydrogens (tertiary/aromatic N) is 2.